The second-order valence-electron chi connectivity index (χ2n) is 6.41. The molecule has 0 unspecified atom stereocenters. The predicted octanol–water partition coefficient (Wildman–Crippen LogP) is 4.33. The third kappa shape index (κ3) is 3.46. The van der Waals surface area contributed by atoms with Crippen LogP contribution in [-0.4, -0.2) is 31.1 Å². The van der Waals surface area contributed by atoms with Crippen LogP contribution in [0, 0.1) is 13.8 Å². The number of rotatable bonds is 3. The van der Waals surface area contributed by atoms with Gasteiger partial charge < -0.3 is 5.32 Å². The standard InChI is InChI=1S/C15H21ClNOP.Y/c1-10-8-12(16)9-11(2)13(10)17-14(18)15(6-7-15)19(3,4)5;/h8-9H,6-7H2,1-5H3;/p+1. The van der Waals surface area contributed by atoms with Crippen LogP contribution in [0.5, 0.6) is 0 Å². The van der Waals surface area contributed by atoms with Crippen molar-refractivity contribution in [3.8, 4) is 0 Å². The van der Waals surface area contributed by atoms with E-state index < -0.39 is 7.26 Å². The fraction of sp³-hybridized carbons (Fsp3) is 0.533. The summed E-state index contributed by atoms with van der Waals surface area (Å²) in [4.78, 5) is 12.6. The fourth-order valence-corrected chi connectivity index (χ4v) is 5.10. The van der Waals surface area contributed by atoms with Crippen LogP contribution in [-0.2, 0) is 37.5 Å². The number of carbonyl (C=O) groups excluding carboxylic acids is 1. The first-order valence-corrected chi connectivity index (χ1v) is 10.1. The van der Waals surface area contributed by atoms with Gasteiger partial charge in [0.25, 0.3) is 5.91 Å². The third-order valence-corrected chi connectivity index (χ3v) is 7.60. The summed E-state index contributed by atoms with van der Waals surface area (Å²) in [7, 11) is -1.18. The number of nitrogens with one attached hydrogen (secondary N) is 1. The summed E-state index contributed by atoms with van der Waals surface area (Å²) in [5.74, 6) is 0.196. The van der Waals surface area contributed by atoms with Gasteiger partial charge in [0, 0.05) is 83.5 Å². The van der Waals surface area contributed by atoms with Crippen LogP contribution >= 0.6 is 18.9 Å². The molecule has 1 aliphatic carbocycles. The molecule has 2 rings (SSSR count). The molecule has 1 aliphatic rings. The van der Waals surface area contributed by atoms with Crippen molar-refractivity contribution in [1.29, 1.82) is 0 Å². The number of hydrogen-bond acceptors (Lipinski definition) is 1. The van der Waals surface area contributed by atoms with Gasteiger partial charge in [-0.3, -0.25) is 4.79 Å². The largest absolute Gasteiger partial charge is 0.322 e. The molecule has 1 aromatic rings. The zero-order chi connectivity index (χ0) is 14.4. The van der Waals surface area contributed by atoms with Crippen molar-refractivity contribution in [2.75, 3.05) is 25.3 Å². The van der Waals surface area contributed by atoms with Gasteiger partial charge in [-0.05, 0) is 37.1 Å². The van der Waals surface area contributed by atoms with Gasteiger partial charge in [-0.25, -0.2) is 0 Å². The van der Waals surface area contributed by atoms with Crippen molar-refractivity contribution in [2.45, 2.75) is 31.8 Å². The second kappa shape index (κ2) is 6.33. The van der Waals surface area contributed by atoms with Crippen LogP contribution in [0.15, 0.2) is 12.1 Å². The Morgan fingerprint density at radius 2 is 1.65 bits per heavy atom. The van der Waals surface area contributed by atoms with Gasteiger partial charge in [-0.2, -0.15) is 0 Å². The number of anilines is 1. The molecule has 0 heterocycles. The van der Waals surface area contributed by atoms with Crippen LogP contribution in [0.2, 0.25) is 5.02 Å². The average molecular weight is 388 g/mol. The van der Waals surface area contributed by atoms with E-state index in [0.29, 0.717) is 0 Å². The fourth-order valence-electron chi connectivity index (χ4n) is 2.66. The van der Waals surface area contributed by atoms with E-state index in [9.17, 15) is 4.79 Å². The molecule has 0 bridgehead atoms. The molecule has 107 valence electrons. The second-order valence-corrected chi connectivity index (χ2v) is 11.7. The van der Waals surface area contributed by atoms with Gasteiger partial charge in [0.1, 0.15) is 0 Å². The monoisotopic (exact) mass is 387 g/mol. The van der Waals surface area contributed by atoms with E-state index in [4.69, 9.17) is 11.6 Å². The normalized spacial score (nSPS) is 16.3. The molecule has 0 aliphatic heterocycles. The molecule has 0 saturated heterocycles. The molecule has 0 spiro atoms. The van der Waals surface area contributed by atoms with Crippen LogP contribution in [0.4, 0.5) is 5.69 Å². The Labute approximate surface area is 152 Å². The van der Waals surface area contributed by atoms with E-state index in [2.05, 4.69) is 25.3 Å². The van der Waals surface area contributed by atoms with Crippen molar-refractivity contribution in [1.82, 2.24) is 0 Å². The first-order chi connectivity index (χ1) is 8.67. The Kier molecular flexibility index (Phi) is 5.87. The van der Waals surface area contributed by atoms with Gasteiger partial charge in [0.2, 0.25) is 0 Å². The SMILES string of the molecule is Cc1cc(Cl)cc(C)c1NC(=O)C1([P+](C)(C)C)CC1.[Y]. The van der Waals surface area contributed by atoms with Gasteiger partial charge in [-0.15, -0.1) is 0 Å². The molecule has 1 amide bonds. The van der Waals surface area contributed by atoms with Crippen molar-refractivity contribution in [2.24, 2.45) is 0 Å². The molecule has 5 heteroatoms. The van der Waals surface area contributed by atoms with Gasteiger partial charge in [0.15, 0.2) is 5.16 Å². The minimum atomic E-state index is -1.18. The quantitative estimate of drug-likeness (QED) is 0.768. The molecular weight excluding hydrogens is 366 g/mol. The maximum absolute atomic E-state index is 12.6. The predicted molar refractivity (Wildman–Crippen MR) is 86.2 cm³/mol. The number of aryl methyl sites for hydroxylation is 2. The first kappa shape index (κ1) is 18.6. The molecule has 1 saturated carbocycles. The number of carbonyl (C=O) groups is 1. The van der Waals surface area contributed by atoms with Crippen molar-refractivity contribution in [3.63, 3.8) is 0 Å². The van der Waals surface area contributed by atoms with Gasteiger partial charge in [0.05, 0.1) is 0 Å². The smallest absolute Gasteiger partial charge is 0.268 e. The molecular formula is C15H22ClNOPY+. The van der Waals surface area contributed by atoms with E-state index in [1.165, 1.54) is 0 Å². The van der Waals surface area contributed by atoms with Gasteiger partial charge >= 0.3 is 0 Å². The third-order valence-electron chi connectivity index (χ3n) is 4.17. The van der Waals surface area contributed by atoms with Crippen molar-refractivity contribution < 1.29 is 37.5 Å². The number of amides is 1. The minimum Gasteiger partial charge on any atom is -0.322 e. The molecule has 0 aromatic heterocycles. The van der Waals surface area contributed by atoms with E-state index >= 15 is 0 Å². The van der Waals surface area contributed by atoms with Crippen LogP contribution in [0.1, 0.15) is 24.0 Å². The topological polar surface area (TPSA) is 29.1 Å². The number of hydrogen-bond donors (Lipinski definition) is 1. The molecule has 1 radical (unpaired) electrons. The van der Waals surface area contributed by atoms with E-state index in [-0.39, 0.29) is 43.8 Å². The Morgan fingerprint density at radius 1 is 1.20 bits per heavy atom. The van der Waals surface area contributed by atoms with Crippen molar-refractivity contribution in [3.05, 3.63) is 28.3 Å². The first-order valence-electron chi connectivity index (χ1n) is 6.57. The maximum atomic E-state index is 12.6. The molecule has 1 fully saturated rings. The molecule has 0 atom stereocenters. The van der Waals surface area contributed by atoms with Crippen LogP contribution < -0.4 is 5.32 Å². The molecule has 20 heavy (non-hydrogen) atoms. The van der Waals surface area contributed by atoms with E-state index in [1.807, 2.05) is 26.0 Å². The summed E-state index contributed by atoms with van der Waals surface area (Å²) >= 11 is 6.03. The Balaban J connectivity index is 0.00000200. The zero-order valence-electron chi connectivity index (χ0n) is 12.9. The zero-order valence-corrected chi connectivity index (χ0v) is 17.4. The Hall–Kier alpha value is 0.514. The van der Waals surface area contributed by atoms with Crippen molar-refractivity contribution >= 4 is 30.5 Å². The number of benzene rings is 1. The minimum absolute atomic E-state index is 0. The van der Waals surface area contributed by atoms with Gasteiger partial charge in [-0.1, -0.05) is 11.6 Å². The van der Waals surface area contributed by atoms with Crippen LogP contribution in [0.3, 0.4) is 0 Å². The summed E-state index contributed by atoms with van der Waals surface area (Å²) < 4.78 is 0. The summed E-state index contributed by atoms with van der Waals surface area (Å²) in [6, 6.07) is 3.80. The molecule has 1 aromatic carbocycles. The summed E-state index contributed by atoms with van der Waals surface area (Å²) in [6.45, 7) is 10.7. The summed E-state index contributed by atoms with van der Waals surface area (Å²) in [6.07, 6.45) is 2.06. The van der Waals surface area contributed by atoms with E-state index in [0.717, 1.165) is 34.7 Å². The Morgan fingerprint density at radius 3 is 2.00 bits per heavy atom. The van der Waals surface area contributed by atoms with E-state index in [1.54, 1.807) is 0 Å². The maximum Gasteiger partial charge on any atom is 0.268 e. The summed E-state index contributed by atoms with van der Waals surface area (Å²) in [5.41, 5.74) is 2.98. The molecule has 2 nitrogen and oxygen atoms in total. The average Bonchev–Trinajstić information content (AvgIpc) is 3.02. The summed E-state index contributed by atoms with van der Waals surface area (Å²) in [5, 5.41) is 3.77. The number of halogens is 1. The molecule has 1 N–H and O–H groups in total. The Bertz CT molecular complexity index is 512. The van der Waals surface area contributed by atoms with Crippen LogP contribution in [0.25, 0.3) is 0 Å².